The molecule has 3 amide bonds. The molecular formula is C21H27ClN4O4S2. The third-order valence-corrected chi connectivity index (χ3v) is 9.15. The highest BCUT2D eigenvalue weighted by Gasteiger charge is 2.28. The van der Waals surface area contributed by atoms with Gasteiger partial charge < -0.3 is 10.2 Å². The maximum atomic E-state index is 12.6. The van der Waals surface area contributed by atoms with Crippen molar-refractivity contribution in [2.24, 2.45) is 5.92 Å². The number of anilines is 2. The number of thiophene rings is 1. The number of likely N-dealkylation sites (tertiary alicyclic amines) is 1. The molecule has 0 aliphatic carbocycles. The molecule has 0 saturated carbocycles. The molecule has 1 saturated heterocycles. The second-order valence-corrected chi connectivity index (χ2v) is 11.1. The number of rotatable bonds is 7. The van der Waals surface area contributed by atoms with E-state index in [9.17, 15) is 18.0 Å². The molecule has 0 bridgehead atoms. The zero-order chi connectivity index (χ0) is 23.3. The smallest absolute Gasteiger partial charge is 0.322 e. The zero-order valence-electron chi connectivity index (χ0n) is 18.0. The van der Waals surface area contributed by atoms with Gasteiger partial charge in [0.15, 0.2) is 0 Å². The van der Waals surface area contributed by atoms with Gasteiger partial charge in [-0.2, -0.15) is 4.31 Å². The molecule has 1 aromatic carbocycles. The Morgan fingerprint density at radius 2 is 1.69 bits per heavy atom. The van der Waals surface area contributed by atoms with Crippen molar-refractivity contribution in [3.05, 3.63) is 41.4 Å². The molecule has 2 heterocycles. The number of carbonyl (C=O) groups excluding carboxylic acids is 2. The minimum absolute atomic E-state index is 0.0723. The van der Waals surface area contributed by atoms with Gasteiger partial charge in [0.2, 0.25) is 5.91 Å². The number of halogens is 1. The Labute approximate surface area is 197 Å². The van der Waals surface area contributed by atoms with Crippen LogP contribution in [0.15, 0.2) is 40.6 Å². The van der Waals surface area contributed by atoms with Gasteiger partial charge in [-0.3, -0.25) is 10.1 Å². The van der Waals surface area contributed by atoms with Crippen LogP contribution >= 0.6 is 22.9 Å². The Hall–Kier alpha value is -2.14. The van der Waals surface area contributed by atoms with E-state index in [1.807, 2.05) is 0 Å². The lowest BCUT2D eigenvalue weighted by molar-refractivity contribution is -0.121. The lowest BCUT2D eigenvalue weighted by Crippen LogP contribution is -2.43. The van der Waals surface area contributed by atoms with Crippen LogP contribution in [0.1, 0.15) is 26.7 Å². The molecule has 2 aromatic rings. The lowest BCUT2D eigenvalue weighted by atomic mass is 9.96. The molecular weight excluding hydrogens is 472 g/mol. The van der Waals surface area contributed by atoms with Crippen molar-refractivity contribution in [2.45, 2.75) is 30.9 Å². The van der Waals surface area contributed by atoms with Crippen molar-refractivity contribution in [1.82, 2.24) is 9.21 Å². The molecule has 1 fully saturated rings. The summed E-state index contributed by atoms with van der Waals surface area (Å²) in [5.41, 5.74) is 0.688. The highest BCUT2D eigenvalue weighted by atomic mass is 35.5. The Kier molecular flexibility index (Phi) is 8.16. The number of hydrogen-bond acceptors (Lipinski definition) is 5. The van der Waals surface area contributed by atoms with Gasteiger partial charge in [0.05, 0.1) is 5.00 Å². The van der Waals surface area contributed by atoms with E-state index in [4.69, 9.17) is 11.6 Å². The average molecular weight is 499 g/mol. The summed E-state index contributed by atoms with van der Waals surface area (Å²) in [5, 5.41) is 6.74. The largest absolute Gasteiger partial charge is 0.326 e. The molecule has 0 atom stereocenters. The van der Waals surface area contributed by atoms with Gasteiger partial charge >= 0.3 is 6.03 Å². The van der Waals surface area contributed by atoms with Gasteiger partial charge in [0.1, 0.15) is 4.21 Å². The quantitative estimate of drug-likeness (QED) is 0.594. The standard InChI is InChI=1S/C21H27ClN4O4S2/c1-3-26(4-2)32(29,30)19-10-9-18(31-19)24-21(28)25-13-11-15(12-14-25)20(27)23-17-7-5-16(22)6-8-17/h5-10,15H,3-4,11-14H2,1-2H3,(H,23,27)(H,24,28). The van der Waals surface area contributed by atoms with E-state index in [0.29, 0.717) is 54.7 Å². The third-order valence-electron chi connectivity index (χ3n) is 5.38. The van der Waals surface area contributed by atoms with Crippen LogP contribution < -0.4 is 10.6 Å². The summed E-state index contributed by atoms with van der Waals surface area (Å²) in [5.74, 6) is -0.251. The Morgan fingerprint density at radius 3 is 2.28 bits per heavy atom. The number of carbonyl (C=O) groups is 2. The minimum Gasteiger partial charge on any atom is -0.326 e. The summed E-state index contributed by atoms with van der Waals surface area (Å²) >= 11 is 6.90. The summed E-state index contributed by atoms with van der Waals surface area (Å²) in [6.07, 6.45) is 1.11. The fourth-order valence-electron chi connectivity index (χ4n) is 3.52. The molecule has 11 heteroatoms. The maximum absolute atomic E-state index is 12.6. The van der Waals surface area contributed by atoms with Crippen molar-refractivity contribution >= 4 is 55.6 Å². The van der Waals surface area contributed by atoms with Crippen LogP contribution in [0.4, 0.5) is 15.5 Å². The van der Waals surface area contributed by atoms with E-state index in [2.05, 4.69) is 10.6 Å². The highest BCUT2D eigenvalue weighted by molar-refractivity contribution is 7.91. The van der Waals surface area contributed by atoms with Crippen LogP contribution in [0, 0.1) is 5.92 Å². The van der Waals surface area contributed by atoms with Crippen LogP contribution in [0.2, 0.25) is 5.02 Å². The summed E-state index contributed by atoms with van der Waals surface area (Å²) in [6.45, 7) is 5.24. The number of nitrogens with one attached hydrogen (secondary N) is 2. The molecule has 1 aromatic heterocycles. The van der Waals surface area contributed by atoms with Crippen molar-refractivity contribution in [3.8, 4) is 0 Å². The SMILES string of the molecule is CCN(CC)S(=O)(=O)c1ccc(NC(=O)N2CCC(C(=O)Nc3ccc(Cl)cc3)CC2)s1. The summed E-state index contributed by atoms with van der Waals surface area (Å²) in [4.78, 5) is 26.8. The molecule has 3 rings (SSSR count). The number of amides is 3. The molecule has 174 valence electrons. The first-order chi connectivity index (χ1) is 15.2. The first kappa shape index (κ1) is 24.5. The number of sulfonamides is 1. The van der Waals surface area contributed by atoms with Crippen molar-refractivity contribution < 1.29 is 18.0 Å². The van der Waals surface area contributed by atoms with Gasteiger partial charge in [-0.15, -0.1) is 11.3 Å². The van der Waals surface area contributed by atoms with E-state index < -0.39 is 10.0 Å². The Balaban J connectivity index is 1.52. The van der Waals surface area contributed by atoms with Gasteiger partial charge in [-0.05, 0) is 49.2 Å². The number of urea groups is 1. The van der Waals surface area contributed by atoms with Crippen LogP contribution in [0.5, 0.6) is 0 Å². The van der Waals surface area contributed by atoms with Crippen molar-refractivity contribution in [2.75, 3.05) is 36.8 Å². The fourth-order valence-corrected chi connectivity index (χ4v) is 6.46. The molecule has 0 radical (unpaired) electrons. The van der Waals surface area contributed by atoms with Crippen LogP contribution in [-0.4, -0.2) is 55.7 Å². The normalized spacial score (nSPS) is 15.1. The van der Waals surface area contributed by atoms with Gasteiger partial charge in [-0.1, -0.05) is 25.4 Å². The van der Waals surface area contributed by atoms with E-state index in [1.165, 1.54) is 10.4 Å². The Morgan fingerprint density at radius 1 is 1.06 bits per heavy atom. The summed E-state index contributed by atoms with van der Waals surface area (Å²) in [7, 11) is -3.55. The van der Waals surface area contributed by atoms with Crippen LogP contribution in [0.3, 0.4) is 0 Å². The van der Waals surface area contributed by atoms with E-state index in [-0.39, 0.29) is 22.1 Å². The van der Waals surface area contributed by atoms with Crippen molar-refractivity contribution in [3.63, 3.8) is 0 Å². The zero-order valence-corrected chi connectivity index (χ0v) is 20.4. The number of hydrogen-bond donors (Lipinski definition) is 2. The maximum Gasteiger partial charge on any atom is 0.322 e. The molecule has 0 unspecified atom stereocenters. The highest BCUT2D eigenvalue weighted by Crippen LogP contribution is 2.29. The number of benzene rings is 1. The van der Waals surface area contributed by atoms with E-state index >= 15 is 0 Å². The lowest BCUT2D eigenvalue weighted by Gasteiger charge is -2.31. The topological polar surface area (TPSA) is 98.8 Å². The predicted octanol–water partition coefficient (Wildman–Crippen LogP) is 4.31. The van der Waals surface area contributed by atoms with Crippen LogP contribution in [0.25, 0.3) is 0 Å². The number of nitrogens with zero attached hydrogens (tertiary/aromatic N) is 2. The predicted molar refractivity (Wildman–Crippen MR) is 128 cm³/mol. The molecule has 32 heavy (non-hydrogen) atoms. The first-order valence-electron chi connectivity index (χ1n) is 10.5. The molecule has 0 spiro atoms. The van der Waals surface area contributed by atoms with Crippen molar-refractivity contribution in [1.29, 1.82) is 0 Å². The summed E-state index contributed by atoms with van der Waals surface area (Å²) in [6, 6.07) is 9.75. The molecule has 1 aliphatic heterocycles. The monoisotopic (exact) mass is 498 g/mol. The third kappa shape index (κ3) is 5.80. The van der Waals surface area contributed by atoms with Crippen LogP contribution in [-0.2, 0) is 14.8 Å². The van der Waals surface area contributed by atoms with Gasteiger partial charge in [0, 0.05) is 42.8 Å². The molecule has 8 nitrogen and oxygen atoms in total. The second kappa shape index (κ2) is 10.7. The average Bonchev–Trinajstić information content (AvgIpc) is 3.25. The Bertz CT molecular complexity index is 1040. The van der Waals surface area contributed by atoms with E-state index in [0.717, 1.165) is 11.3 Å². The van der Waals surface area contributed by atoms with Gasteiger partial charge in [-0.25, -0.2) is 13.2 Å². The first-order valence-corrected chi connectivity index (χ1v) is 13.1. The summed E-state index contributed by atoms with van der Waals surface area (Å²) < 4.78 is 26.8. The second-order valence-electron chi connectivity index (χ2n) is 7.40. The molecule has 2 N–H and O–H groups in total. The van der Waals surface area contributed by atoms with E-state index in [1.54, 1.807) is 49.1 Å². The fraction of sp³-hybridized carbons (Fsp3) is 0.429. The molecule has 1 aliphatic rings. The minimum atomic E-state index is -3.55. The number of piperidine rings is 1. The van der Waals surface area contributed by atoms with Gasteiger partial charge in [0.25, 0.3) is 10.0 Å².